The molecule has 3 heteroatoms. The quantitative estimate of drug-likeness (QED) is 0.362. The van der Waals surface area contributed by atoms with Crippen molar-refractivity contribution in [1.82, 2.24) is 0 Å². The number of fused-ring (bicyclic) bond motifs is 5. The first kappa shape index (κ1) is 21.9. The standard InChI is InChI=1S/C25H43IO2/c1-5-17-21-14-16(27)8-11-25(21,4)20-9-12-24(3)18(15(2)10-13-26)6-7-19(24)22(20)23(17)28/h15-23,27-28H,5-14H2,1-4H3/t15-,16-,17-,18-,19+,20+,21+,22+,23-,24-,25-/m1/s1. The summed E-state index contributed by atoms with van der Waals surface area (Å²) in [6.45, 7) is 9.91. The fourth-order valence-corrected chi connectivity index (χ4v) is 10.3. The molecule has 0 aromatic heterocycles. The van der Waals surface area contributed by atoms with Gasteiger partial charge in [0.05, 0.1) is 12.2 Å². The second-order valence-electron chi connectivity index (χ2n) is 11.6. The molecule has 4 fully saturated rings. The number of alkyl halides is 1. The maximum atomic E-state index is 11.7. The minimum absolute atomic E-state index is 0.144. The summed E-state index contributed by atoms with van der Waals surface area (Å²) in [5.74, 6) is 4.43. The Balaban J connectivity index is 1.67. The van der Waals surface area contributed by atoms with Gasteiger partial charge < -0.3 is 10.2 Å². The monoisotopic (exact) mass is 502 g/mol. The molecule has 162 valence electrons. The van der Waals surface area contributed by atoms with Crippen molar-refractivity contribution < 1.29 is 10.2 Å². The van der Waals surface area contributed by atoms with E-state index >= 15 is 0 Å². The van der Waals surface area contributed by atoms with Crippen molar-refractivity contribution >= 4 is 22.6 Å². The number of aliphatic hydroxyl groups excluding tert-OH is 2. The normalized spacial score (nSPS) is 54.5. The summed E-state index contributed by atoms with van der Waals surface area (Å²) in [5.41, 5.74) is 0.764. The van der Waals surface area contributed by atoms with Crippen LogP contribution in [0.15, 0.2) is 0 Å². The molecule has 0 bridgehead atoms. The van der Waals surface area contributed by atoms with E-state index < -0.39 is 0 Å². The summed E-state index contributed by atoms with van der Waals surface area (Å²) in [7, 11) is 0. The highest BCUT2D eigenvalue weighted by atomic mass is 127. The Kier molecular flexibility index (Phi) is 6.22. The molecule has 0 aliphatic heterocycles. The summed E-state index contributed by atoms with van der Waals surface area (Å²) in [6.07, 6.45) is 10.6. The lowest BCUT2D eigenvalue weighted by Gasteiger charge is -2.64. The predicted octanol–water partition coefficient (Wildman–Crippen LogP) is 6.07. The molecule has 2 nitrogen and oxygen atoms in total. The van der Waals surface area contributed by atoms with Crippen molar-refractivity contribution in [3.8, 4) is 0 Å². The molecule has 4 aliphatic rings. The predicted molar refractivity (Wildman–Crippen MR) is 124 cm³/mol. The molecule has 28 heavy (non-hydrogen) atoms. The van der Waals surface area contributed by atoms with Crippen LogP contribution >= 0.6 is 22.6 Å². The van der Waals surface area contributed by atoms with Crippen molar-refractivity contribution in [1.29, 1.82) is 0 Å². The first-order chi connectivity index (χ1) is 13.3. The Hall–Kier alpha value is 0.650. The van der Waals surface area contributed by atoms with Gasteiger partial charge in [-0.2, -0.15) is 0 Å². The van der Waals surface area contributed by atoms with Crippen molar-refractivity contribution in [2.45, 2.75) is 97.7 Å². The van der Waals surface area contributed by atoms with Gasteiger partial charge in [-0.3, -0.25) is 0 Å². The second kappa shape index (κ2) is 7.97. The van der Waals surface area contributed by atoms with Crippen LogP contribution in [0.4, 0.5) is 0 Å². The molecule has 0 amide bonds. The van der Waals surface area contributed by atoms with Crippen LogP contribution in [-0.2, 0) is 0 Å². The minimum atomic E-state index is -0.151. The average molecular weight is 503 g/mol. The molecule has 4 aliphatic carbocycles. The SMILES string of the molecule is CC[C@H]1[C@@H](O)[C@@H]2[C@H](CC[C@]3(C)[C@@H]([C@H](C)CCI)CC[C@@H]23)[C@@]2(C)CC[C@@H](O)C[C@@H]12. The molecule has 0 radical (unpaired) electrons. The lowest BCUT2D eigenvalue weighted by Crippen LogP contribution is -2.62. The third kappa shape index (κ3) is 3.15. The van der Waals surface area contributed by atoms with Crippen LogP contribution in [0.25, 0.3) is 0 Å². The Labute approximate surface area is 186 Å². The molecular formula is C25H43IO2. The van der Waals surface area contributed by atoms with Gasteiger partial charge in [0.1, 0.15) is 0 Å². The van der Waals surface area contributed by atoms with Gasteiger partial charge in [0.2, 0.25) is 0 Å². The first-order valence-corrected chi connectivity index (χ1v) is 13.7. The van der Waals surface area contributed by atoms with Crippen LogP contribution in [0.5, 0.6) is 0 Å². The summed E-state index contributed by atoms with van der Waals surface area (Å²) in [5, 5.41) is 22.1. The van der Waals surface area contributed by atoms with Crippen LogP contribution in [0.3, 0.4) is 0 Å². The van der Waals surface area contributed by atoms with E-state index in [0.717, 1.165) is 31.1 Å². The maximum Gasteiger partial charge on any atom is 0.0605 e. The van der Waals surface area contributed by atoms with Gasteiger partial charge in [-0.1, -0.05) is 56.7 Å². The molecule has 4 rings (SSSR count). The van der Waals surface area contributed by atoms with Crippen molar-refractivity contribution in [2.75, 3.05) is 4.43 Å². The van der Waals surface area contributed by atoms with Crippen LogP contribution < -0.4 is 0 Å². The molecule has 0 aromatic rings. The third-order valence-electron chi connectivity index (χ3n) is 10.7. The Bertz CT molecular complexity index is 567. The summed E-state index contributed by atoms with van der Waals surface area (Å²) in [6, 6.07) is 0. The summed E-state index contributed by atoms with van der Waals surface area (Å²) < 4.78 is 1.27. The highest BCUT2D eigenvalue weighted by Crippen LogP contribution is 2.69. The highest BCUT2D eigenvalue weighted by Gasteiger charge is 2.64. The van der Waals surface area contributed by atoms with Gasteiger partial charge in [0.15, 0.2) is 0 Å². The molecule has 11 atom stereocenters. The van der Waals surface area contributed by atoms with Crippen LogP contribution in [0.2, 0.25) is 0 Å². The second-order valence-corrected chi connectivity index (χ2v) is 12.7. The summed E-state index contributed by atoms with van der Waals surface area (Å²) in [4.78, 5) is 0. The van der Waals surface area contributed by atoms with E-state index in [0.29, 0.717) is 40.4 Å². The van der Waals surface area contributed by atoms with E-state index in [9.17, 15) is 10.2 Å². The van der Waals surface area contributed by atoms with Gasteiger partial charge in [0.25, 0.3) is 0 Å². The molecule has 2 N–H and O–H groups in total. The number of hydrogen-bond donors (Lipinski definition) is 2. The van der Waals surface area contributed by atoms with E-state index in [1.54, 1.807) is 0 Å². The first-order valence-electron chi connectivity index (χ1n) is 12.2. The van der Waals surface area contributed by atoms with Gasteiger partial charge in [-0.05, 0) is 108 Å². The molecule has 0 unspecified atom stereocenters. The fraction of sp³-hybridized carbons (Fsp3) is 1.00. The molecule has 0 saturated heterocycles. The highest BCUT2D eigenvalue weighted by molar-refractivity contribution is 14.1. The molecular weight excluding hydrogens is 459 g/mol. The van der Waals surface area contributed by atoms with Crippen molar-refractivity contribution in [3.63, 3.8) is 0 Å². The van der Waals surface area contributed by atoms with Gasteiger partial charge in [0, 0.05) is 0 Å². The van der Waals surface area contributed by atoms with Crippen LogP contribution in [0, 0.1) is 52.3 Å². The van der Waals surface area contributed by atoms with E-state index in [1.165, 1.54) is 43.0 Å². The minimum Gasteiger partial charge on any atom is -0.393 e. The van der Waals surface area contributed by atoms with Crippen LogP contribution in [0.1, 0.15) is 85.5 Å². The Morgan fingerprint density at radius 1 is 0.964 bits per heavy atom. The topological polar surface area (TPSA) is 40.5 Å². The van der Waals surface area contributed by atoms with Gasteiger partial charge in [-0.15, -0.1) is 0 Å². The number of hydrogen-bond acceptors (Lipinski definition) is 2. The van der Waals surface area contributed by atoms with Gasteiger partial charge >= 0.3 is 0 Å². The van der Waals surface area contributed by atoms with Gasteiger partial charge in [-0.25, -0.2) is 0 Å². The lowest BCUT2D eigenvalue weighted by molar-refractivity contribution is -0.203. The van der Waals surface area contributed by atoms with E-state index in [2.05, 4.69) is 50.3 Å². The Morgan fingerprint density at radius 3 is 2.32 bits per heavy atom. The maximum absolute atomic E-state index is 11.7. The van der Waals surface area contributed by atoms with Crippen LogP contribution in [-0.4, -0.2) is 26.8 Å². The molecule has 0 aromatic carbocycles. The Morgan fingerprint density at radius 2 is 1.64 bits per heavy atom. The largest absolute Gasteiger partial charge is 0.393 e. The smallest absolute Gasteiger partial charge is 0.0605 e. The van der Waals surface area contributed by atoms with E-state index in [1.807, 2.05) is 0 Å². The zero-order chi connectivity index (χ0) is 20.3. The molecule has 0 spiro atoms. The van der Waals surface area contributed by atoms with Crippen molar-refractivity contribution in [2.24, 2.45) is 52.3 Å². The average Bonchev–Trinajstić information content (AvgIpc) is 3.01. The zero-order valence-corrected chi connectivity index (χ0v) is 20.7. The van der Waals surface area contributed by atoms with Crippen molar-refractivity contribution in [3.05, 3.63) is 0 Å². The fourth-order valence-electron chi connectivity index (χ4n) is 9.31. The molecule has 4 saturated carbocycles. The third-order valence-corrected chi connectivity index (χ3v) is 11.3. The number of rotatable bonds is 4. The summed E-state index contributed by atoms with van der Waals surface area (Å²) >= 11 is 2.55. The number of halogens is 1. The number of aliphatic hydroxyl groups is 2. The zero-order valence-electron chi connectivity index (χ0n) is 18.5. The lowest BCUT2D eigenvalue weighted by atomic mass is 9.41. The van der Waals surface area contributed by atoms with E-state index in [-0.39, 0.29) is 12.2 Å². The van der Waals surface area contributed by atoms with E-state index in [4.69, 9.17) is 0 Å². The molecule has 0 heterocycles.